The summed E-state index contributed by atoms with van der Waals surface area (Å²) in [7, 11) is 1.43. The van der Waals surface area contributed by atoms with Crippen molar-refractivity contribution in [2.45, 2.75) is 19.1 Å². The number of methoxy groups -OCH3 is 1. The van der Waals surface area contributed by atoms with E-state index in [2.05, 4.69) is 4.74 Å². The second-order valence-corrected chi connectivity index (χ2v) is 3.92. The zero-order valence-electron chi connectivity index (χ0n) is 10.7. The molecule has 0 heterocycles. The third kappa shape index (κ3) is 5.35. The number of hydrogen-bond donors (Lipinski definition) is 1. The standard InChI is InChI=1S/C12H16F3NO3/c1-8(16)9-3-4-10(11(5-9)17-2)19-7-18-6-12(13,14)15/h3-5,8H,6-7,16H2,1-2H3/t8-/m0/s1. The number of benzene rings is 1. The van der Waals surface area contributed by atoms with Gasteiger partial charge in [0.2, 0.25) is 0 Å². The largest absolute Gasteiger partial charge is 0.493 e. The van der Waals surface area contributed by atoms with Crippen LogP contribution in [0.1, 0.15) is 18.5 Å². The van der Waals surface area contributed by atoms with Crippen molar-refractivity contribution in [3.05, 3.63) is 23.8 Å². The van der Waals surface area contributed by atoms with Crippen molar-refractivity contribution in [2.75, 3.05) is 20.5 Å². The van der Waals surface area contributed by atoms with Crippen LogP contribution < -0.4 is 15.2 Å². The molecular formula is C12H16F3NO3. The molecule has 0 amide bonds. The van der Waals surface area contributed by atoms with E-state index in [1.807, 2.05) is 6.92 Å². The molecule has 0 fully saturated rings. The molecule has 19 heavy (non-hydrogen) atoms. The number of halogens is 3. The fourth-order valence-corrected chi connectivity index (χ4v) is 1.35. The van der Waals surface area contributed by atoms with E-state index in [9.17, 15) is 13.2 Å². The van der Waals surface area contributed by atoms with Gasteiger partial charge in [-0.2, -0.15) is 13.2 Å². The van der Waals surface area contributed by atoms with Gasteiger partial charge in [0, 0.05) is 6.04 Å². The predicted octanol–water partition coefficient (Wildman–Crippen LogP) is 2.63. The Labute approximate surface area is 109 Å². The van der Waals surface area contributed by atoms with Crippen molar-refractivity contribution < 1.29 is 27.4 Å². The third-order valence-electron chi connectivity index (χ3n) is 2.28. The van der Waals surface area contributed by atoms with E-state index in [-0.39, 0.29) is 6.04 Å². The lowest BCUT2D eigenvalue weighted by atomic mass is 10.1. The van der Waals surface area contributed by atoms with Gasteiger partial charge >= 0.3 is 6.18 Å². The van der Waals surface area contributed by atoms with E-state index in [1.165, 1.54) is 7.11 Å². The average Bonchev–Trinajstić information content (AvgIpc) is 2.33. The van der Waals surface area contributed by atoms with Crippen LogP contribution in [0.5, 0.6) is 11.5 Å². The quantitative estimate of drug-likeness (QED) is 0.642. The molecule has 4 nitrogen and oxygen atoms in total. The molecule has 0 bridgehead atoms. The molecule has 1 aromatic carbocycles. The average molecular weight is 279 g/mol. The molecule has 0 saturated carbocycles. The molecule has 1 aromatic rings. The van der Waals surface area contributed by atoms with E-state index >= 15 is 0 Å². The first-order valence-electron chi connectivity index (χ1n) is 5.54. The van der Waals surface area contributed by atoms with Gasteiger partial charge in [-0.3, -0.25) is 0 Å². The summed E-state index contributed by atoms with van der Waals surface area (Å²) in [6.45, 7) is -0.0532. The third-order valence-corrected chi connectivity index (χ3v) is 2.28. The van der Waals surface area contributed by atoms with Crippen LogP contribution >= 0.6 is 0 Å². The topological polar surface area (TPSA) is 53.7 Å². The van der Waals surface area contributed by atoms with E-state index in [1.54, 1.807) is 18.2 Å². The smallest absolute Gasteiger partial charge is 0.411 e. The molecular weight excluding hydrogens is 263 g/mol. The fourth-order valence-electron chi connectivity index (χ4n) is 1.35. The summed E-state index contributed by atoms with van der Waals surface area (Å²) >= 11 is 0. The maximum Gasteiger partial charge on any atom is 0.411 e. The normalized spacial score (nSPS) is 13.2. The zero-order valence-corrected chi connectivity index (χ0v) is 10.7. The Bertz CT molecular complexity index is 408. The number of alkyl halides is 3. The van der Waals surface area contributed by atoms with Crippen molar-refractivity contribution in [2.24, 2.45) is 5.73 Å². The van der Waals surface area contributed by atoms with Crippen molar-refractivity contribution in [3.63, 3.8) is 0 Å². The minimum absolute atomic E-state index is 0.176. The molecule has 7 heteroatoms. The Hall–Kier alpha value is -1.47. The molecule has 0 aliphatic heterocycles. The molecule has 0 aliphatic carbocycles. The van der Waals surface area contributed by atoms with Crippen LogP contribution in [-0.2, 0) is 4.74 Å². The van der Waals surface area contributed by atoms with Crippen LogP contribution in [0.2, 0.25) is 0 Å². The monoisotopic (exact) mass is 279 g/mol. The molecule has 2 N–H and O–H groups in total. The first kappa shape index (κ1) is 15.6. The van der Waals surface area contributed by atoms with E-state index in [0.717, 1.165) is 5.56 Å². The van der Waals surface area contributed by atoms with Gasteiger partial charge in [-0.25, -0.2) is 0 Å². The maximum absolute atomic E-state index is 11.8. The highest BCUT2D eigenvalue weighted by atomic mass is 19.4. The molecule has 1 atom stereocenters. The molecule has 0 radical (unpaired) electrons. The van der Waals surface area contributed by atoms with Crippen molar-refractivity contribution >= 4 is 0 Å². The van der Waals surface area contributed by atoms with E-state index in [4.69, 9.17) is 15.2 Å². The van der Waals surface area contributed by atoms with Gasteiger partial charge in [0.05, 0.1) is 7.11 Å². The summed E-state index contributed by atoms with van der Waals surface area (Å²) in [6, 6.07) is 4.79. The van der Waals surface area contributed by atoms with Crippen LogP contribution in [-0.4, -0.2) is 26.7 Å². The first-order chi connectivity index (χ1) is 8.83. The lowest BCUT2D eigenvalue weighted by molar-refractivity contribution is -0.186. The molecule has 0 aliphatic rings. The van der Waals surface area contributed by atoms with Gasteiger partial charge in [-0.05, 0) is 24.6 Å². The highest BCUT2D eigenvalue weighted by Gasteiger charge is 2.27. The Balaban J connectivity index is 2.58. The van der Waals surface area contributed by atoms with Crippen molar-refractivity contribution in [1.82, 2.24) is 0 Å². The van der Waals surface area contributed by atoms with Gasteiger partial charge in [0.1, 0.15) is 6.61 Å². The second kappa shape index (κ2) is 6.63. The van der Waals surface area contributed by atoms with Gasteiger partial charge in [0.25, 0.3) is 0 Å². The van der Waals surface area contributed by atoms with Crippen LogP contribution in [0.25, 0.3) is 0 Å². The minimum atomic E-state index is -4.37. The van der Waals surface area contributed by atoms with Crippen LogP contribution in [0, 0.1) is 0 Å². The molecule has 0 spiro atoms. The fraction of sp³-hybridized carbons (Fsp3) is 0.500. The summed E-state index contributed by atoms with van der Waals surface area (Å²) in [5.74, 6) is 0.694. The molecule has 0 aromatic heterocycles. The summed E-state index contributed by atoms with van der Waals surface area (Å²) in [6.07, 6.45) is -4.37. The lowest BCUT2D eigenvalue weighted by Crippen LogP contribution is -2.19. The van der Waals surface area contributed by atoms with Gasteiger partial charge < -0.3 is 19.9 Å². The zero-order chi connectivity index (χ0) is 14.5. The van der Waals surface area contributed by atoms with E-state index in [0.29, 0.717) is 11.5 Å². The maximum atomic E-state index is 11.8. The van der Waals surface area contributed by atoms with Crippen LogP contribution in [0.3, 0.4) is 0 Å². The highest BCUT2D eigenvalue weighted by Crippen LogP contribution is 2.29. The van der Waals surface area contributed by atoms with Crippen molar-refractivity contribution in [1.29, 1.82) is 0 Å². The van der Waals surface area contributed by atoms with Gasteiger partial charge in [0.15, 0.2) is 18.3 Å². The number of nitrogens with two attached hydrogens (primary N) is 1. The number of ether oxygens (including phenoxy) is 3. The minimum Gasteiger partial charge on any atom is -0.493 e. The SMILES string of the molecule is COc1cc([C@H](C)N)ccc1OCOCC(F)(F)F. The highest BCUT2D eigenvalue weighted by molar-refractivity contribution is 5.43. The Morgan fingerprint density at radius 1 is 1.26 bits per heavy atom. The van der Waals surface area contributed by atoms with E-state index < -0.39 is 19.6 Å². The Morgan fingerprint density at radius 2 is 1.95 bits per heavy atom. The number of rotatable bonds is 6. The van der Waals surface area contributed by atoms with Crippen molar-refractivity contribution in [3.8, 4) is 11.5 Å². The summed E-state index contributed by atoms with van der Waals surface area (Å²) in [4.78, 5) is 0. The van der Waals surface area contributed by atoms with Gasteiger partial charge in [-0.15, -0.1) is 0 Å². The molecule has 0 unspecified atom stereocenters. The van der Waals surface area contributed by atoms with Gasteiger partial charge in [-0.1, -0.05) is 6.07 Å². The molecule has 1 rings (SSSR count). The second-order valence-electron chi connectivity index (χ2n) is 3.92. The first-order valence-corrected chi connectivity index (χ1v) is 5.54. The summed E-state index contributed by atoms with van der Waals surface area (Å²) in [5, 5.41) is 0. The molecule has 0 saturated heterocycles. The molecule has 108 valence electrons. The predicted molar refractivity (Wildman–Crippen MR) is 63.1 cm³/mol. The summed E-state index contributed by atoms with van der Waals surface area (Å²) < 4.78 is 50.0. The van der Waals surface area contributed by atoms with Crippen LogP contribution in [0.15, 0.2) is 18.2 Å². The Morgan fingerprint density at radius 3 is 2.47 bits per heavy atom. The number of hydrogen-bond acceptors (Lipinski definition) is 4. The lowest BCUT2D eigenvalue weighted by Gasteiger charge is -2.14. The Kier molecular flexibility index (Phi) is 5.44. The van der Waals surface area contributed by atoms with Crippen LogP contribution in [0.4, 0.5) is 13.2 Å². The summed E-state index contributed by atoms with van der Waals surface area (Å²) in [5.41, 5.74) is 6.54.